The molecule has 0 aliphatic heterocycles. The fraction of sp³-hybridized carbons (Fsp3) is 0.182. The van der Waals surface area contributed by atoms with Gasteiger partial charge >= 0.3 is 5.97 Å². The highest BCUT2D eigenvalue weighted by molar-refractivity contribution is 7.20. The Bertz CT molecular complexity index is 593. The quantitative estimate of drug-likeness (QED) is 0.488. The average molecular weight is 270 g/mol. The second-order valence-electron chi connectivity index (χ2n) is 3.31. The van der Waals surface area contributed by atoms with Gasteiger partial charge in [0.05, 0.1) is 17.3 Å². The number of ether oxygens (including phenoxy) is 1. The van der Waals surface area contributed by atoms with E-state index in [1.165, 1.54) is 18.4 Å². The van der Waals surface area contributed by atoms with Gasteiger partial charge in [0.15, 0.2) is 5.01 Å². The van der Waals surface area contributed by atoms with Gasteiger partial charge in [-0.3, -0.25) is 9.59 Å². The van der Waals surface area contributed by atoms with Crippen molar-refractivity contribution in [3.05, 3.63) is 28.2 Å². The van der Waals surface area contributed by atoms with Gasteiger partial charge in [0.25, 0.3) is 0 Å². The molecule has 2 rings (SSSR count). The van der Waals surface area contributed by atoms with Crippen LogP contribution in [0.15, 0.2) is 18.2 Å². The summed E-state index contributed by atoms with van der Waals surface area (Å²) in [4.78, 5) is 26.8. The molecule has 17 heavy (non-hydrogen) atoms. The van der Waals surface area contributed by atoms with E-state index in [9.17, 15) is 9.59 Å². The third-order valence-electron chi connectivity index (χ3n) is 2.12. The van der Waals surface area contributed by atoms with E-state index in [0.717, 1.165) is 4.70 Å². The number of Topliss-reactive ketones (excluding diaryl/α,β-unsaturated/α-hetero) is 1. The Kier molecular flexibility index (Phi) is 3.40. The lowest BCUT2D eigenvalue weighted by Crippen LogP contribution is -2.09. The van der Waals surface area contributed by atoms with Crippen LogP contribution in [0.4, 0.5) is 0 Å². The number of rotatable bonds is 3. The molecule has 1 heterocycles. The van der Waals surface area contributed by atoms with Crippen molar-refractivity contribution in [1.82, 2.24) is 4.98 Å². The molecule has 1 aromatic heterocycles. The maximum atomic E-state index is 11.7. The summed E-state index contributed by atoms with van der Waals surface area (Å²) >= 11 is 7.06. The highest BCUT2D eigenvalue weighted by Gasteiger charge is 2.16. The molecule has 0 saturated carbocycles. The Morgan fingerprint density at radius 3 is 2.94 bits per heavy atom. The van der Waals surface area contributed by atoms with Crippen molar-refractivity contribution in [2.45, 2.75) is 6.42 Å². The van der Waals surface area contributed by atoms with Crippen LogP contribution >= 0.6 is 22.9 Å². The molecule has 0 bridgehead atoms. The number of nitrogens with zero attached hydrogens (tertiary/aromatic N) is 1. The first-order valence-electron chi connectivity index (χ1n) is 4.76. The molecule has 0 radical (unpaired) electrons. The van der Waals surface area contributed by atoms with Crippen LogP contribution < -0.4 is 0 Å². The molecule has 6 heteroatoms. The second kappa shape index (κ2) is 4.81. The smallest absolute Gasteiger partial charge is 0.313 e. The van der Waals surface area contributed by atoms with Crippen molar-refractivity contribution in [1.29, 1.82) is 0 Å². The van der Waals surface area contributed by atoms with Crippen molar-refractivity contribution in [3.8, 4) is 0 Å². The van der Waals surface area contributed by atoms with E-state index in [2.05, 4.69) is 9.72 Å². The van der Waals surface area contributed by atoms with Gasteiger partial charge in [-0.05, 0) is 18.2 Å². The summed E-state index contributed by atoms with van der Waals surface area (Å²) in [6.45, 7) is 0. The molecule has 0 saturated heterocycles. The topological polar surface area (TPSA) is 56.3 Å². The average Bonchev–Trinajstić information content (AvgIpc) is 2.71. The zero-order valence-electron chi connectivity index (χ0n) is 8.90. The number of thiazole rings is 1. The Labute approximate surface area is 106 Å². The second-order valence-corrected chi connectivity index (χ2v) is 4.77. The van der Waals surface area contributed by atoms with Crippen molar-refractivity contribution in [2.24, 2.45) is 0 Å². The van der Waals surface area contributed by atoms with Gasteiger partial charge in [-0.15, -0.1) is 11.3 Å². The number of fused-ring (bicyclic) bond motifs is 1. The lowest BCUT2D eigenvalue weighted by molar-refractivity contribution is -0.139. The Morgan fingerprint density at radius 1 is 1.47 bits per heavy atom. The highest BCUT2D eigenvalue weighted by Crippen LogP contribution is 2.25. The number of esters is 1. The van der Waals surface area contributed by atoms with Crippen LogP contribution in [-0.2, 0) is 9.53 Å². The van der Waals surface area contributed by atoms with E-state index in [-0.39, 0.29) is 12.2 Å². The predicted molar refractivity (Wildman–Crippen MR) is 65.6 cm³/mol. The minimum atomic E-state index is -0.563. The predicted octanol–water partition coefficient (Wildman–Crippen LogP) is 2.70. The van der Waals surface area contributed by atoms with E-state index in [4.69, 9.17) is 11.6 Å². The maximum absolute atomic E-state index is 11.7. The summed E-state index contributed by atoms with van der Waals surface area (Å²) in [5, 5.41) is 0.863. The van der Waals surface area contributed by atoms with E-state index < -0.39 is 5.97 Å². The summed E-state index contributed by atoms with van der Waals surface area (Å²) in [7, 11) is 1.24. The molecule has 4 nitrogen and oxygen atoms in total. The van der Waals surface area contributed by atoms with Gasteiger partial charge in [0, 0.05) is 5.02 Å². The number of aromatic nitrogens is 1. The monoisotopic (exact) mass is 269 g/mol. The molecule has 0 N–H and O–H groups in total. The summed E-state index contributed by atoms with van der Waals surface area (Å²) in [6, 6.07) is 5.21. The first-order chi connectivity index (χ1) is 8.10. The largest absolute Gasteiger partial charge is 0.469 e. The van der Waals surface area contributed by atoms with Crippen LogP contribution in [0.1, 0.15) is 16.2 Å². The third kappa shape index (κ3) is 2.62. The summed E-state index contributed by atoms with van der Waals surface area (Å²) in [6.07, 6.45) is -0.288. The molecule has 2 aromatic rings. The van der Waals surface area contributed by atoms with Gasteiger partial charge in [0.2, 0.25) is 5.78 Å². The standard InChI is InChI=1S/C11H8ClNO3S/c1-16-10(15)5-8(14)11-13-7-4-6(12)2-3-9(7)17-11/h2-4H,5H2,1H3. The minimum Gasteiger partial charge on any atom is -0.469 e. The molecule has 0 aliphatic rings. The van der Waals surface area contributed by atoms with E-state index in [0.29, 0.717) is 15.5 Å². The third-order valence-corrected chi connectivity index (χ3v) is 3.43. The van der Waals surface area contributed by atoms with E-state index in [1.807, 2.05) is 0 Å². The van der Waals surface area contributed by atoms with Crippen LogP contribution in [0.25, 0.3) is 10.2 Å². The SMILES string of the molecule is COC(=O)CC(=O)c1nc2cc(Cl)ccc2s1. The zero-order valence-corrected chi connectivity index (χ0v) is 10.5. The number of methoxy groups -OCH3 is 1. The number of hydrogen-bond acceptors (Lipinski definition) is 5. The fourth-order valence-electron chi connectivity index (χ4n) is 1.30. The van der Waals surface area contributed by atoms with Crippen LogP contribution in [0.5, 0.6) is 0 Å². The molecule has 88 valence electrons. The molecule has 0 aliphatic carbocycles. The van der Waals surface area contributed by atoms with Gasteiger partial charge in [-0.2, -0.15) is 0 Å². The van der Waals surface area contributed by atoms with Gasteiger partial charge in [0.1, 0.15) is 6.42 Å². The van der Waals surface area contributed by atoms with Crippen LogP contribution in [0.3, 0.4) is 0 Å². The number of hydrogen-bond donors (Lipinski definition) is 0. The zero-order chi connectivity index (χ0) is 12.4. The number of carbonyl (C=O) groups is 2. The lowest BCUT2D eigenvalue weighted by Gasteiger charge is -1.94. The van der Waals surface area contributed by atoms with Crippen molar-refractivity contribution in [3.63, 3.8) is 0 Å². The van der Waals surface area contributed by atoms with Gasteiger partial charge in [-0.1, -0.05) is 11.6 Å². The summed E-state index contributed by atoms with van der Waals surface area (Å²) < 4.78 is 5.30. The molecular weight excluding hydrogens is 262 g/mol. The lowest BCUT2D eigenvalue weighted by atomic mass is 10.3. The van der Waals surface area contributed by atoms with Crippen molar-refractivity contribution in [2.75, 3.05) is 7.11 Å². The molecule has 1 aromatic carbocycles. The minimum absolute atomic E-state index is 0.288. The Hall–Kier alpha value is -1.46. The fourth-order valence-corrected chi connectivity index (χ4v) is 2.35. The molecular formula is C11H8ClNO3S. The normalized spacial score (nSPS) is 10.5. The molecule has 0 atom stereocenters. The molecule has 0 fully saturated rings. The molecule has 0 amide bonds. The van der Waals surface area contributed by atoms with Crippen LogP contribution in [0, 0.1) is 0 Å². The van der Waals surface area contributed by atoms with Crippen molar-refractivity contribution < 1.29 is 14.3 Å². The maximum Gasteiger partial charge on any atom is 0.313 e. The van der Waals surface area contributed by atoms with Crippen LogP contribution in [0.2, 0.25) is 5.02 Å². The van der Waals surface area contributed by atoms with Crippen LogP contribution in [-0.4, -0.2) is 23.8 Å². The number of benzene rings is 1. The first-order valence-corrected chi connectivity index (χ1v) is 5.95. The van der Waals surface area contributed by atoms with Crippen molar-refractivity contribution >= 4 is 44.9 Å². The Balaban J connectivity index is 2.30. The Morgan fingerprint density at radius 2 is 2.24 bits per heavy atom. The summed E-state index contributed by atoms with van der Waals surface area (Å²) in [5.74, 6) is -0.901. The summed E-state index contributed by atoms with van der Waals surface area (Å²) in [5.41, 5.74) is 0.663. The number of halogens is 1. The number of carbonyl (C=O) groups excluding carboxylic acids is 2. The highest BCUT2D eigenvalue weighted by atomic mass is 35.5. The molecule has 0 spiro atoms. The van der Waals surface area contributed by atoms with Gasteiger partial charge < -0.3 is 4.74 Å². The van der Waals surface area contributed by atoms with E-state index in [1.54, 1.807) is 18.2 Å². The first kappa shape index (κ1) is 12.0. The van der Waals surface area contributed by atoms with E-state index >= 15 is 0 Å². The van der Waals surface area contributed by atoms with Gasteiger partial charge in [-0.25, -0.2) is 4.98 Å². The molecule has 0 unspecified atom stereocenters. The number of ketones is 1.